The van der Waals surface area contributed by atoms with Crippen LogP contribution in [0.4, 0.5) is 5.69 Å². The number of nitro benzene ring substituents is 1. The molecule has 0 bridgehead atoms. The summed E-state index contributed by atoms with van der Waals surface area (Å²) in [5.41, 5.74) is 2.37. The summed E-state index contributed by atoms with van der Waals surface area (Å²) >= 11 is 0. The zero-order valence-electron chi connectivity index (χ0n) is 14.7. The number of aromatic hydroxyl groups is 1. The Hall–Kier alpha value is -3.88. The second kappa shape index (κ2) is 6.69. The number of esters is 1. The molecule has 1 atom stereocenters. The minimum atomic E-state index is -0.478. The smallest absolute Gasteiger partial charge is 0.313 e. The largest absolute Gasteiger partial charge is 0.504 e. The molecule has 0 spiro atoms. The molecule has 2 heterocycles. The van der Waals surface area contributed by atoms with Gasteiger partial charge in [-0.15, -0.1) is 5.10 Å². The Balaban J connectivity index is 1.86. The maximum atomic E-state index is 12.1. The van der Waals surface area contributed by atoms with Gasteiger partial charge in [-0.25, -0.2) is 0 Å². The number of carbonyl (C=O) groups excluding carboxylic acids is 1. The SMILES string of the molecule is COc1cc(C2CC(=O)Oc3n[nH]c(-c4cccc([N+](=O)[O-])c4)c32)ccc1O. The molecule has 0 radical (unpaired) electrons. The molecule has 28 heavy (non-hydrogen) atoms. The first kappa shape index (κ1) is 17.5. The van der Waals surface area contributed by atoms with Crippen LogP contribution < -0.4 is 9.47 Å². The fraction of sp³-hybridized carbons (Fsp3) is 0.158. The number of benzene rings is 2. The minimum absolute atomic E-state index is 0.0176. The standard InChI is InChI=1S/C19H15N3O6/c1-27-15-8-10(5-6-14(15)23)13-9-16(24)28-19-17(13)18(20-21-19)11-3-2-4-12(7-11)22(25)26/h2-8,13,23H,9H2,1H3,(H,20,21). The lowest BCUT2D eigenvalue weighted by Gasteiger charge is -2.23. The fourth-order valence-corrected chi connectivity index (χ4v) is 3.34. The molecular weight excluding hydrogens is 366 g/mol. The average Bonchev–Trinajstić information content (AvgIpc) is 3.11. The molecule has 142 valence electrons. The Morgan fingerprint density at radius 3 is 2.89 bits per heavy atom. The average molecular weight is 381 g/mol. The third-order valence-corrected chi connectivity index (χ3v) is 4.65. The van der Waals surface area contributed by atoms with Crippen molar-refractivity contribution < 1.29 is 24.3 Å². The molecule has 0 saturated carbocycles. The second-order valence-corrected chi connectivity index (χ2v) is 6.29. The highest BCUT2D eigenvalue weighted by Crippen LogP contribution is 2.44. The summed E-state index contributed by atoms with van der Waals surface area (Å²) in [4.78, 5) is 22.7. The first-order valence-electron chi connectivity index (χ1n) is 8.38. The number of nitrogens with zero attached hydrogens (tertiary/aromatic N) is 2. The molecule has 0 aliphatic carbocycles. The normalized spacial score (nSPS) is 15.6. The molecule has 1 aliphatic heterocycles. The molecule has 1 aliphatic rings. The Morgan fingerprint density at radius 2 is 2.14 bits per heavy atom. The van der Waals surface area contributed by atoms with Gasteiger partial charge in [-0.05, 0) is 17.7 Å². The molecule has 0 saturated heterocycles. The molecule has 4 rings (SSSR count). The van der Waals surface area contributed by atoms with E-state index in [0.29, 0.717) is 16.8 Å². The van der Waals surface area contributed by atoms with Crippen LogP contribution in [-0.2, 0) is 4.79 Å². The van der Waals surface area contributed by atoms with Gasteiger partial charge in [0.15, 0.2) is 11.5 Å². The van der Waals surface area contributed by atoms with Gasteiger partial charge in [-0.1, -0.05) is 18.2 Å². The zero-order chi connectivity index (χ0) is 19.8. The van der Waals surface area contributed by atoms with E-state index in [2.05, 4.69) is 10.2 Å². The van der Waals surface area contributed by atoms with E-state index in [0.717, 1.165) is 5.56 Å². The molecule has 3 aromatic rings. The number of fused-ring (bicyclic) bond motifs is 1. The quantitative estimate of drug-likeness (QED) is 0.404. The van der Waals surface area contributed by atoms with Crippen molar-refractivity contribution in [1.29, 1.82) is 0 Å². The molecule has 0 fully saturated rings. The van der Waals surface area contributed by atoms with Gasteiger partial charge in [-0.2, -0.15) is 0 Å². The number of hydrogen-bond donors (Lipinski definition) is 2. The number of aromatic amines is 1. The zero-order valence-corrected chi connectivity index (χ0v) is 14.7. The Labute approximate surface area is 158 Å². The number of methoxy groups -OCH3 is 1. The lowest BCUT2D eigenvalue weighted by atomic mass is 9.85. The summed E-state index contributed by atoms with van der Waals surface area (Å²) in [6.07, 6.45) is 0.0579. The summed E-state index contributed by atoms with van der Waals surface area (Å²) in [7, 11) is 1.44. The number of phenolic OH excluding ortho intramolecular Hbond substituents is 1. The number of non-ortho nitro benzene ring substituents is 1. The van der Waals surface area contributed by atoms with Crippen LogP contribution in [0.5, 0.6) is 17.4 Å². The molecule has 2 N–H and O–H groups in total. The van der Waals surface area contributed by atoms with Gasteiger partial charge in [0.2, 0.25) is 5.88 Å². The van der Waals surface area contributed by atoms with Crippen molar-refractivity contribution in [2.24, 2.45) is 0 Å². The Bertz CT molecular complexity index is 1090. The van der Waals surface area contributed by atoms with Gasteiger partial charge < -0.3 is 14.6 Å². The van der Waals surface area contributed by atoms with E-state index in [-0.39, 0.29) is 29.5 Å². The summed E-state index contributed by atoms with van der Waals surface area (Å²) in [6, 6.07) is 10.9. The summed E-state index contributed by atoms with van der Waals surface area (Å²) < 4.78 is 10.4. The predicted molar refractivity (Wildman–Crippen MR) is 97.4 cm³/mol. The van der Waals surface area contributed by atoms with Crippen LogP contribution in [0.1, 0.15) is 23.5 Å². The van der Waals surface area contributed by atoms with E-state index in [1.54, 1.807) is 24.3 Å². The van der Waals surface area contributed by atoms with Crippen LogP contribution in [0.25, 0.3) is 11.3 Å². The number of phenols is 1. The van der Waals surface area contributed by atoms with Gasteiger partial charge >= 0.3 is 5.97 Å². The number of aromatic nitrogens is 2. The monoisotopic (exact) mass is 381 g/mol. The van der Waals surface area contributed by atoms with Gasteiger partial charge in [0.1, 0.15) is 0 Å². The number of carbonyl (C=O) groups is 1. The summed E-state index contributed by atoms with van der Waals surface area (Å²) in [6.45, 7) is 0. The van der Waals surface area contributed by atoms with E-state index in [1.807, 2.05) is 0 Å². The molecule has 0 amide bonds. The van der Waals surface area contributed by atoms with E-state index >= 15 is 0 Å². The van der Waals surface area contributed by atoms with E-state index < -0.39 is 16.8 Å². The van der Waals surface area contributed by atoms with Crippen molar-refractivity contribution in [1.82, 2.24) is 10.2 Å². The van der Waals surface area contributed by atoms with Crippen LogP contribution in [0.2, 0.25) is 0 Å². The van der Waals surface area contributed by atoms with Crippen LogP contribution >= 0.6 is 0 Å². The van der Waals surface area contributed by atoms with Crippen molar-refractivity contribution in [2.45, 2.75) is 12.3 Å². The third kappa shape index (κ3) is 2.92. The number of nitro groups is 1. The highest BCUT2D eigenvalue weighted by atomic mass is 16.6. The van der Waals surface area contributed by atoms with Gasteiger partial charge in [0.25, 0.3) is 5.69 Å². The topological polar surface area (TPSA) is 128 Å². The van der Waals surface area contributed by atoms with Gasteiger partial charge in [-0.3, -0.25) is 20.0 Å². The van der Waals surface area contributed by atoms with Crippen molar-refractivity contribution >= 4 is 11.7 Å². The van der Waals surface area contributed by atoms with Crippen LogP contribution in [0, 0.1) is 10.1 Å². The van der Waals surface area contributed by atoms with E-state index in [1.165, 1.54) is 25.3 Å². The lowest BCUT2D eigenvalue weighted by molar-refractivity contribution is -0.384. The molecule has 9 nitrogen and oxygen atoms in total. The first-order valence-corrected chi connectivity index (χ1v) is 8.38. The number of rotatable bonds is 4. The lowest BCUT2D eigenvalue weighted by Crippen LogP contribution is -2.20. The second-order valence-electron chi connectivity index (χ2n) is 6.29. The van der Waals surface area contributed by atoms with Gasteiger partial charge in [0, 0.05) is 23.6 Å². The van der Waals surface area contributed by atoms with E-state index in [9.17, 15) is 20.0 Å². The number of hydrogen-bond acceptors (Lipinski definition) is 7. The fourth-order valence-electron chi connectivity index (χ4n) is 3.34. The van der Waals surface area contributed by atoms with E-state index in [4.69, 9.17) is 9.47 Å². The summed E-state index contributed by atoms with van der Waals surface area (Å²) in [5.74, 6) is -0.468. The molecule has 2 aromatic carbocycles. The Kier molecular flexibility index (Phi) is 4.19. The molecule has 1 aromatic heterocycles. The minimum Gasteiger partial charge on any atom is -0.504 e. The number of ether oxygens (including phenoxy) is 2. The maximum Gasteiger partial charge on any atom is 0.313 e. The number of nitrogens with one attached hydrogen (secondary N) is 1. The predicted octanol–water partition coefficient (Wildman–Crippen LogP) is 3.14. The van der Waals surface area contributed by atoms with Crippen LogP contribution in [0.15, 0.2) is 42.5 Å². The molecule has 9 heteroatoms. The maximum absolute atomic E-state index is 12.1. The molecule has 1 unspecified atom stereocenters. The van der Waals surface area contributed by atoms with Crippen molar-refractivity contribution in [2.75, 3.05) is 7.11 Å². The van der Waals surface area contributed by atoms with Crippen LogP contribution in [-0.4, -0.2) is 33.3 Å². The summed E-state index contributed by atoms with van der Waals surface area (Å²) in [5, 5.41) is 27.9. The van der Waals surface area contributed by atoms with Crippen LogP contribution in [0.3, 0.4) is 0 Å². The first-order chi connectivity index (χ1) is 13.5. The van der Waals surface area contributed by atoms with Crippen molar-refractivity contribution in [3.63, 3.8) is 0 Å². The third-order valence-electron chi connectivity index (χ3n) is 4.65. The highest BCUT2D eigenvalue weighted by molar-refractivity contribution is 5.80. The van der Waals surface area contributed by atoms with Gasteiger partial charge in [0.05, 0.1) is 29.7 Å². The van der Waals surface area contributed by atoms with Crippen molar-refractivity contribution in [3.8, 4) is 28.6 Å². The highest BCUT2D eigenvalue weighted by Gasteiger charge is 2.34. The Morgan fingerprint density at radius 1 is 1.32 bits per heavy atom. The van der Waals surface area contributed by atoms with Crippen molar-refractivity contribution in [3.05, 3.63) is 63.7 Å². The molecular formula is C19H15N3O6. The number of H-pyrrole nitrogens is 1.